The third kappa shape index (κ3) is 4.65. The Morgan fingerprint density at radius 1 is 1.23 bits per heavy atom. The van der Waals surface area contributed by atoms with Gasteiger partial charge in [0.25, 0.3) is 0 Å². The third-order valence-corrected chi connectivity index (χ3v) is 4.40. The SMILES string of the molecule is NC(=O)Cc1nc(CCN2CCCCC2=O)n(Cc2ccc(F)cc2)n1. The molecule has 1 aromatic heterocycles. The van der Waals surface area contributed by atoms with Crippen LogP contribution in [0.2, 0.25) is 0 Å². The summed E-state index contributed by atoms with van der Waals surface area (Å²) < 4.78 is 14.8. The first kappa shape index (κ1) is 18.0. The minimum atomic E-state index is -0.498. The van der Waals surface area contributed by atoms with Gasteiger partial charge in [0.05, 0.1) is 13.0 Å². The van der Waals surface area contributed by atoms with Gasteiger partial charge in [0.1, 0.15) is 11.6 Å². The van der Waals surface area contributed by atoms with Crippen LogP contribution in [-0.4, -0.2) is 44.6 Å². The first-order chi connectivity index (χ1) is 12.5. The largest absolute Gasteiger partial charge is 0.369 e. The van der Waals surface area contributed by atoms with Crippen LogP contribution in [0.25, 0.3) is 0 Å². The quantitative estimate of drug-likeness (QED) is 0.799. The highest BCUT2D eigenvalue weighted by Gasteiger charge is 2.19. The molecule has 26 heavy (non-hydrogen) atoms. The van der Waals surface area contributed by atoms with Crippen molar-refractivity contribution in [1.29, 1.82) is 0 Å². The van der Waals surface area contributed by atoms with Crippen molar-refractivity contribution in [2.45, 2.75) is 38.6 Å². The maximum Gasteiger partial charge on any atom is 0.225 e. The Labute approximate surface area is 151 Å². The number of piperidine rings is 1. The van der Waals surface area contributed by atoms with Gasteiger partial charge in [-0.05, 0) is 30.5 Å². The Morgan fingerprint density at radius 3 is 2.69 bits per heavy atom. The molecule has 0 bridgehead atoms. The fraction of sp³-hybridized carbons (Fsp3) is 0.444. The summed E-state index contributed by atoms with van der Waals surface area (Å²) in [4.78, 5) is 29.4. The average molecular weight is 359 g/mol. The second kappa shape index (κ2) is 8.07. The Balaban J connectivity index is 1.75. The van der Waals surface area contributed by atoms with Crippen LogP contribution < -0.4 is 5.73 Å². The molecule has 0 atom stereocenters. The van der Waals surface area contributed by atoms with Gasteiger partial charge in [-0.2, -0.15) is 5.10 Å². The van der Waals surface area contributed by atoms with E-state index in [0.29, 0.717) is 37.6 Å². The number of carbonyl (C=O) groups is 2. The topological polar surface area (TPSA) is 94.1 Å². The van der Waals surface area contributed by atoms with E-state index in [-0.39, 0.29) is 18.1 Å². The van der Waals surface area contributed by atoms with Crippen molar-refractivity contribution in [1.82, 2.24) is 19.7 Å². The number of halogens is 1. The van der Waals surface area contributed by atoms with Gasteiger partial charge in [-0.3, -0.25) is 9.59 Å². The van der Waals surface area contributed by atoms with Crippen molar-refractivity contribution < 1.29 is 14.0 Å². The number of nitrogens with two attached hydrogens (primary N) is 1. The number of primary amides is 1. The van der Waals surface area contributed by atoms with Crippen molar-refractivity contribution in [3.63, 3.8) is 0 Å². The zero-order valence-corrected chi connectivity index (χ0v) is 14.5. The summed E-state index contributed by atoms with van der Waals surface area (Å²) in [5.74, 6) is 0.411. The van der Waals surface area contributed by atoms with E-state index in [0.717, 1.165) is 24.9 Å². The lowest BCUT2D eigenvalue weighted by Gasteiger charge is -2.26. The predicted octanol–water partition coefficient (Wildman–Crippen LogP) is 1.05. The Bertz CT molecular complexity index is 787. The summed E-state index contributed by atoms with van der Waals surface area (Å²) in [5.41, 5.74) is 6.11. The van der Waals surface area contributed by atoms with Gasteiger partial charge in [-0.15, -0.1) is 0 Å². The molecule has 2 N–H and O–H groups in total. The molecule has 0 unspecified atom stereocenters. The highest BCUT2D eigenvalue weighted by molar-refractivity contribution is 5.76. The van der Waals surface area contributed by atoms with Crippen LogP contribution in [0.4, 0.5) is 4.39 Å². The lowest BCUT2D eigenvalue weighted by molar-refractivity contribution is -0.133. The molecule has 3 rings (SSSR count). The van der Waals surface area contributed by atoms with Crippen molar-refractivity contribution in [3.05, 3.63) is 47.3 Å². The molecule has 1 fully saturated rings. The standard InChI is InChI=1S/C18H22FN5O2/c19-14-6-4-13(5-7-14)12-24-17(21-16(22-24)11-15(20)25)8-10-23-9-2-1-3-18(23)26/h4-7H,1-3,8-12H2,(H2,20,25). The van der Waals surface area contributed by atoms with Gasteiger partial charge in [0.15, 0.2) is 5.82 Å². The molecule has 8 heteroatoms. The number of likely N-dealkylation sites (tertiary alicyclic amines) is 1. The number of nitrogens with zero attached hydrogens (tertiary/aromatic N) is 4. The molecule has 0 spiro atoms. The predicted molar refractivity (Wildman–Crippen MR) is 92.6 cm³/mol. The van der Waals surface area contributed by atoms with Crippen LogP contribution in [0.3, 0.4) is 0 Å². The zero-order chi connectivity index (χ0) is 18.5. The van der Waals surface area contributed by atoms with E-state index in [9.17, 15) is 14.0 Å². The molecule has 1 saturated heterocycles. The van der Waals surface area contributed by atoms with Crippen LogP contribution in [0, 0.1) is 5.82 Å². The molecule has 1 aromatic carbocycles. The third-order valence-electron chi connectivity index (χ3n) is 4.40. The summed E-state index contributed by atoms with van der Waals surface area (Å²) in [5, 5.41) is 4.36. The lowest BCUT2D eigenvalue weighted by atomic mass is 10.1. The molecule has 2 aromatic rings. The maximum atomic E-state index is 13.1. The van der Waals surface area contributed by atoms with Crippen LogP contribution in [-0.2, 0) is 29.0 Å². The molecule has 2 heterocycles. The molecule has 1 aliphatic heterocycles. The smallest absolute Gasteiger partial charge is 0.225 e. The van der Waals surface area contributed by atoms with Gasteiger partial charge in [-0.1, -0.05) is 12.1 Å². The molecule has 2 amide bonds. The number of amides is 2. The normalized spacial score (nSPS) is 14.7. The molecule has 7 nitrogen and oxygen atoms in total. The van der Waals surface area contributed by atoms with E-state index in [4.69, 9.17) is 5.73 Å². The molecular weight excluding hydrogens is 337 g/mol. The number of aromatic nitrogens is 3. The summed E-state index contributed by atoms with van der Waals surface area (Å²) in [6, 6.07) is 6.15. The van der Waals surface area contributed by atoms with Gasteiger partial charge in [0, 0.05) is 25.9 Å². The van der Waals surface area contributed by atoms with Crippen molar-refractivity contribution in [2.24, 2.45) is 5.73 Å². The minimum absolute atomic E-state index is 0.0357. The summed E-state index contributed by atoms with van der Waals surface area (Å²) in [7, 11) is 0. The molecule has 138 valence electrons. The Morgan fingerprint density at radius 2 is 2.00 bits per heavy atom. The van der Waals surface area contributed by atoms with E-state index in [1.165, 1.54) is 12.1 Å². The van der Waals surface area contributed by atoms with E-state index >= 15 is 0 Å². The molecule has 1 aliphatic rings. The Hall–Kier alpha value is -2.77. The average Bonchev–Trinajstić information content (AvgIpc) is 2.97. The number of rotatable bonds is 7. The van der Waals surface area contributed by atoms with Crippen LogP contribution >= 0.6 is 0 Å². The monoisotopic (exact) mass is 359 g/mol. The molecule has 0 radical (unpaired) electrons. The van der Waals surface area contributed by atoms with Gasteiger partial charge < -0.3 is 10.6 Å². The number of benzene rings is 1. The first-order valence-electron chi connectivity index (χ1n) is 8.74. The number of carbonyl (C=O) groups excluding carboxylic acids is 2. The summed E-state index contributed by atoms with van der Waals surface area (Å²) in [6.07, 6.45) is 3.06. The summed E-state index contributed by atoms with van der Waals surface area (Å²) in [6.45, 7) is 1.74. The van der Waals surface area contributed by atoms with E-state index in [1.54, 1.807) is 16.8 Å². The molecule has 0 saturated carbocycles. The van der Waals surface area contributed by atoms with E-state index in [1.807, 2.05) is 4.90 Å². The van der Waals surface area contributed by atoms with E-state index < -0.39 is 5.91 Å². The molecule has 0 aliphatic carbocycles. The van der Waals surface area contributed by atoms with Crippen molar-refractivity contribution in [3.8, 4) is 0 Å². The Kier molecular flexibility index (Phi) is 5.60. The van der Waals surface area contributed by atoms with Crippen LogP contribution in [0.1, 0.15) is 36.5 Å². The highest BCUT2D eigenvalue weighted by atomic mass is 19.1. The second-order valence-corrected chi connectivity index (χ2v) is 6.46. The maximum absolute atomic E-state index is 13.1. The van der Waals surface area contributed by atoms with Gasteiger partial charge >= 0.3 is 0 Å². The summed E-state index contributed by atoms with van der Waals surface area (Å²) >= 11 is 0. The number of hydrogen-bond acceptors (Lipinski definition) is 4. The number of hydrogen-bond donors (Lipinski definition) is 1. The lowest BCUT2D eigenvalue weighted by Crippen LogP contribution is -2.37. The van der Waals surface area contributed by atoms with Gasteiger partial charge in [0.2, 0.25) is 11.8 Å². The highest BCUT2D eigenvalue weighted by Crippen LogP contribution is 2.13. The fourth-order valence-corrected chi connectivity index (χ4v) is 3.06. The zero-order valence-electron chi connectivity index (χ0n) is 14.5. The van der Waals surface area contributed by atoms with Crippen LogP contribution in [0.15, 0.2) is 24.3 Å². The van der Waals surface area contributed by atoms with Crippen LogP contribution in [0.5, 0.6) is 0 Å². The fourth-order valence-electron chi connectivity index (χ4n) is 3.06. The van der Waals surface area contributed by atoms with Crippen molar-refractivity contribution in [2.75, 3.05) is 13.1 Å². The first-order valence-corrected chi connectivity index (χ1v) is 8.74. The van der Waals surface area contributed by atoms with Crippen molar-refractivity contribution >= 4 is 11.8 Å². The molecular formula is C18H22FN5O2. The van der Waals surface area contributed by atoms with E-state index in [2.05, 4.69) is 10.1 Å². The minimum Gasteiger partial charge on any atom is -0.369 e. The van der Waals surface area contributed by atoms with Gasteiger partial charge in [-0.25, -0.2) is 14.1 Å². The second-order valence-electron chi connectivity index (χ2n) is 6.46.